The molecule has 190 valence electrons. The van der Waals surface area contributed by atoms with Gasteiger partial charge in [-0.05, 0) is 38.1 Å². The Bertz CT molecular complexity index is 1340. The monoisotopic (exact) mass is 527 g/mol. The highest BCUT2D eigenvalue weighted by Crippen LogP contribution is 2.37. The Morgan fingerprint density at radius 1 is 1.33 bits per heavy atom. The minimum Gasteiger partial charge on any atom is -0.480 e. The average Bonchev–Trinajstić information content (AvgIpc) is 3.13. The number of aryl methyl sites for hydroxylation is 1. The first-order valence-electron chi connectivity index (χ1n) is 10.4. The van der Waals surface area contributed by atoms with E-state index in [9.17, 15) is 22.8 Å². The second-order valence-corrected chi connectivity index (χ2v) is 8.22. The number of hydrogen-bond donors (Lipinski definition) is 2. The van der Waals surface area contributed by atoms with Gasteiger partial charge >= 0.3 is 6.18 Å². The van der Waals surface area contributed by atoms with E-state index in [1.54, 1.807) is 0 Å². The van der Waals surface area contributed by atoms with Crippen molar-refractivity contribution in [2.45, 2.75) is 26.1 Å². The van der Waals surface area contributed by atoms with Gasteiger partial charge in [0.05, 0.1) is 17.0 Å². The SMILES string of the molecule is Cc1n[nH]c(Cl)c1NC(=O)c1cc(F)c(-c2ccc3c(n2)N(C)C(=O)CO3)cc1OC(C)C(F)(F)F. The van der Waals surface area contributed by atoms with Crippen molar-refractivity contribution >= 4 is 34.9 Å². The zero-order valence-corrected chi connectivity index (χ0v) is 19.7. The third-order valence-corrected chi connectivity index (χ3v) is 5.65. The maximum Gasteiger partial charge on any atom is 0.425 e. The first kappa shape index (κ1) is 25.2. The number of ether oxygens (including phenoxy) is 2. The number of hydrogen-bond acceptors (Lipinski definition) is 6. The molecule has 9 nitrogen and oxygen atoms in total. The summed E-state index contributed by atoms with van der Waals surface area (Å²) in [6.07, 6.45) is -7.09. The van der Waals surface area contributed by atoms with Gasteiger partial charge < -0.3 is 14.8 Å². The van der Waals surface area contributed by atoms with Crippen LogP contribution in [-0.4, -0.2) is 52.9 Å². The Kier molecular flexibility index (Phi) is 6.52. The van der Waals surface area contributed by atoms with E-state index in [-0.39, 0.29) is 40.3 Å². The van der Waals surface area contributed by atoms with Gasteiger partial charge in [0.15, 0.2) is 24.3 Å². The number of amides is 2. The van der Waals surface area contributed by atoms with Crippen molar-refractivity contribution in [3.05, 3.63) is 46.5 Å². The minimum atomic E-state index is -4.77. The number of fused-ring (bicyclic) bond motifs is 1. The van der Waals surface area contributed by atoms with Gasteiger partial charge in [0.2, 0.25) is 0 Å². The van der Waals surface area contributed by atoms with Crippen LogP contribution in [0.1, 0.15) is 23.0 Å². The van der Waals surface area contributed by atoms with Crippen molar-refractivity contribution in [2.24, 2.45) is 0 Å². The van der Waals surface area contributed by atoms with E-state index in [1.807, 2.05) is 0 Å². The van der Waals surface area contributed by atoms with Crippen LogP contribution in [0.15, 0.2) is 24.3 Å². The number of alkyl halides is 3. The number of nitrogens with zero attached hydrogens (tertiary/aromatic N) is 3. The molecule has 2 N–H and O–H groups in total. The number of halogens is 5. The lowest BCUT2D eigenvalue weighted by Gasteiger charge is -2.25. The number of benzene rings is 1. The minimum absolute atomic E-state index is 0.0248. The molecule has 1 aromatic carbocycles. The molecule has 2 aromatic heterocycles. The molecule has 0 saturated heterocycles. The maximum absolute atomic E-state index is 15.2. The molecule has 0 radical (unpaired) electrons. The molecule has 1 aliphatic rings. The van der Waals surface area contributed by atoms with Gasteiger partial charge in [-0.3, -0.25) is 19.6 Å². The van der Waals surface area contributed by atoms with Crippen LogP contribution in [0.4, 0.5) is 29.1 Å². The Morgan fingerprint density at radius 2 is 2.06 bits per heavy atom. The summed E-state index contributed by atoms with van der Waals surface area (Å²) in [5.74, 6) is -2.52. The number of pyridine rings is 1. The van der Waals surface area contributed by atoms with Crippen LogP contribution < -0.4 is 19.7 Å². The van der Waals surface area contributed by atoms with Crippen LogP contribution in [-0.2, 0) is 4.79 Å². The summed E-state index contributed by atoms with van der Waals surface area (Å²) in [6.45, 7) is 2.07. The Labute approximate surface area is 206 Å². The van der Waals surface area contributed by atoms with E-state index in [2.05, 4.69) is 20.5 Å². The van der Waals surface area contributed by atoms with Crippen LogP contribution in [0, 0.1) is 12.7 Å². The first-order valence-corrected chi connectivity index (χ1v) is 10.7. The Balaban J connectivity index is 1.79. The van der Waals surface area contributed by atoms with Crippen molar-refractivity contribution in [2.75, 3.05) is 23.9 Å². The number of H-pyrrole nitrogens is 1. The summed E-state index contributed by atoms with van der Waals surface area (Å²) in [4.78, 5) is 30.3. The second kappa shape index (κ2) is 9.30. The van der Waals surface area contributed by atoms with Crippen LogP contribution in [0.25, 0.3) is 11.3 Å². The number of anilines is 2. The van der Waals surface area contributed by atoms with Crippen LogP contribution >= 0.6 is 11.6 Å². The van der Waals surface area contributed by atoms with Crippen molar-refractivity contribution in [1.82, 2.24) is 15.2 Å². The molecule has 2 amide bonds. The number of aromatic nitrogens is 3. The van der Waals surface area contributed by atoms with E-state index in [1.165, 1.54) is 31.0 Å². The van der Waals surface area contributed by atoms with E-state index >= 15 is 4.39 Å². The van der Waals surface area contributed by atoms with Gasteiger partial charge in [0, 0.05) is 12.6 Å². The average molecular weight is 528 g/mol. The highest BCUT2D eigenvalue weighted by Gasteiger charge is 2.39. The number of nitrogens with one attached hydrogen (secondary N) is 2. The summed E-state index contributed by atoms with van der Waals surface area (Å²) < 4.78 is 65.4. The number of rotatable bonds is 5. The molecule has 1 atom stereocenters. The standard InChI is InChI=1S/C22H18ClF4N5O4/c1-9-18(19(23)31-30-9)29-21(34)12-6-13(24)11(7-16(12)36-10(2)22(25,26)27)14-4-5-15-20(28-14)32(3)17(33)8-35-15/h4-7,10H,8H2,1-3H3,(H,29,34)(H,30,31). The Hall–Kier alpha value is -3.87. The quantitative estimate of drug-likeness (QED) is 0.473. The fourth-order valence-corrected chi connectivity index (χ4v) is 3.53. The number of carbonyl (C=O) groups is 2. The molecule has 36 heavy (non-hydrogen) atoms. The normalized spacial score (nSPS) is 14.2. The van der Waals surface area contributed by atoms with Gasteiger partial charge in [-0.1, -0.05) is 11.6 Å². The van der Waals surface area contributed by atoms with Crippen molar-refractivity contribution < 1.29 is 36.6 Å². The molecule has 14 heteroatoms. The van der Waals surface area contributed by atoms with Crippen LogP contribution in [0.3, 0.4) is 0 Å². The smallest absolute Gasteiger partial charge is 0.425 e. The molecule has 1 aliphatic heterocycles. The maximum atomic E-state index is 15.2. The van der Waals surface area contributed by atoms with E-state index in [0.29, 0.717) is 5.69 Å². The Morgan fingerprint density at radius 3 is 2.69 bits per heavy atom. The molecule has 3 aromatic rings. The van der Waals surface area contributed by atoms with Crippen molar-refractivity contribution in [3.8, 4) is 22.8 Å². The fourth-order valence-electron chi connectivity index (χ4n) is 3.30. The highest BCUT2D eigenvalue weighted by atomic mass is 35.5. The summed E-state index contributed by atoms with van der Waals surface area (Å²) >= 11 is 5.94. The topological polar surface area (TPSA) is 109 Å². The van der Waals surface area contributed by atoms with Crippen molar-refractivity contribution in [3.63, 3.8) is 0 Å². The van der Waals surface area contributed by atoms with Gasteiger partial charge in [-0.25, -0.2) is 9.37 Å². The lowest BCUT2D eigenvalue weighted by molar-refractivity contribution is -0.189. The molecule has 0 spiro atoms. The van der Waals surface area contributed by atoms with Crippen molar-refractivity contribution in [1.29, 1.82) is 0 Å². The van der Waals surface area contributed by atoms with Gasteiger partial charge in [-0.15, -0.1) is 0 Å². The fraction of sp³-hybridized carbons (Fsp3) is 0.273. The molecule has 3 heterocycles. The molecular weight excluding hydrogens is 510 g/mol. The number of carbonyl (C=O) groups excluding carboxylic acids is 2. The third kappa shape index (κ3) is 4.78. The van der Waals surface area contributed by atoms with Gasteiger partial charge in [0.25, 0.3) is 11.8 Å². The van der Waals surface area contributed by atoms with E-state index in [0.717, 1.165) is 19.1 Å². The highest BCUT2D eigenvalue weighted by molar-refractivity contribution is 6.33. The van der Waals surface area contributed by atoms with E-state index < -0.39 is 41.2 Å². The molecule has 0 aliphatic carbocycles. The predicted octanol–water partition coefficient (Wildman–Crippen LogP) is 4.51. The molecule has 0 bridgehead atoms. The molecular formula is C22H18ClF4N5O4. The largest absolute Gasteiger partial charge is 0.480 e. The lowest BCUT2D eigenvalue weighted by atomic mass is 10.0. The zero-order valence-electron chi connectivity index (χ0n) is 19.0. The predicted molar refractivity (Wildman–Crippen MR) is 121 cm³/mol. The molecule has 0 fully saturated rings. The zero-order chi connectivity index (χ0) is 26.4. The molecule has 4 rings (SSSR count). The first-order chi connectivity index (χ1) is 16.9. The number of likely N-dealkylation sites (N-methyl/N-ethyl adjacent to an activating group) is 1. The summed E-state index contributed by atoms with van der Waals surface area (Å²) in [7, 11) is 1.45. The van der Waals surface area contributed by atoms with Crippen LogP contribution in [0.5, 0.6) is 11.5 Å². The lowest BCUT2D eigenvalue weighted by Crippen LogP contribution is -2.36. The summed E-state index contributed by atoms with van der Waals surface area (Å²) in [5, 5.41) is 8.62. The van der Waals surface area contributed by atoms with Gasteiger partial charge in [-0.2, -0.15) is 18.3 Å². The molecule has 1 unspecified atom stereocenters. The molecule has 0 saturated carbocycles. The van der Waals surface area contributed by atoms with Crippen LogP contribution in [0.2, 0.25) is 5.15 Å². The third-order valence-electron chi connectivity index (χ3n) is 5.38. The summed E-state index contributed by atoms with van der Waals surface area (Å²) in [6, 6.07) is 4.49. The summed E-state index contributed by atoms with van der Waals surface area (Å²) in [5.41, 5.74) is -0.428. The second-order valence-electron chi connectivity index (χ2n) is 7.84. The van der Waals surface area contributed by atoms with E-state index in [4.69, 9.17) is 21.1 Å². The number of aromatic amines is 1. The van der Waals surface area contributed by atoms with Gasteiger partial charge in [0.1, 0.15) is 22.4 Å².